The lowest BCUT2D eigenvalue weighted by Crippen LogP contribution is -2.20. The van der Waals surface area contributed by atoms with Gasteiger partial charge in [-0.2, -0.15) is 0 Å². The first-order valence-corrected chi connectivity index (χ1v) is 7.55. The Kier molecular flexibility index (Phi) is 4.17. The second-order valence-electron chi connectivity index (χ2n) is 5.32. The molecule has 3 rings (SSSR count). The molecule has 0 saturated carbocycles. The van der Waals surface area contributed by atoms with Crippen molar-refractivity contribution in [2.45, 2.75) is 6.42 Å². The number of hydrogen-bond donors (Lipinski definition) is 1. The van der Waals surface area contributed by atoms with Gasteiger partial charge in [-0.05, 0) is 41.5 Å². The summed E-state index contributed by atoms with van der Waals surface area (Å²) < 4.78 is 0. The minimum atomic E-state index is -0.248. The van der Waals surface area contributed by atoms with E-state index in [0.29, 0.717) is 17.1 Å². The molecule has 0 aromatic heterocycles. The number of amides is 2. The van der Waals surface area contributed by atoms with E-state index < -0.39 is 0 Å². The average Bonchev–Trinajstić information content (AvgIpc) is 2.81. The van der Waals surface area contributed by atoms with E-state index in [0.717, 1.165) is 16.8 Å². The van der Waals surface area contributed by atoms with Crippen LogP contribution < -0.4 is 10.2 Å². The summed E-state index contributed by atoms with van der Waals surface area (Å²) >= 11 is 6.04. The van der Waals surface area contributed by atoms with E-state index in [1.165, 1.54) is 6.08 Å². The number of likely N-dealkylation sites (N-methyl/N-ethyl adjacent to an activating group) is 1. The van der Waals surface area contributed by atoms with Gasteiger partial charge in [0.1, 0.15) is 0 Å². The van der Waals surface area contributed by atoms with E-state index in [2.05, 4.69) is 5.32 Å². The SMILES string of the molecule is CN1C(=O)Cc2cc(NC(=O)/C=C/c3ccccc3Cl)ccc21. The Hall–Kier alpha value is -2.59. The van der Waals surface area contributed by atoms with E-state index in [4.69, 9.17) is 11.6 Å². The molecule has 1 N–H and O–H groups in total. The largest absolute Gasteiger partial charge is 0.323 e. The third kappa shape index (κ3) is 3.27. The first kappa shape index (κ1) is 15.3. The fourth-order valence-electron chi connectivity index (χ4n) is 2.51. The highest BCUT2D eigenvalue weighted by molar-refractivity contribution is 6.32. The number of rotatable bonds is 3. The molecule has 5 heteroatoms. The molecule has 2 aromatic rings. The van der Waals surface area contributed by atoms with Crippen LogP contribution in [-0.4, -0.2) is 18.9 Å². The Bertz CT molecular complexity index is 814. The number of fused-ring (bicyclic) bond motifs is 1. The maximum atomic E-state index is 12.0. The van der Waals surface area contributed by atoms with Gasteiger partial charge in [0.05, 0.1) is 6.42 Å². The van der Waals surface area contributed by atoms with Gasteiger partial charge in [0, 0.05) is 29.5 Å². The van der Waals surface area contributed by atoms with Crippen molar-refractivity contribution in [1.82, 2.24) is 0 Å². The second-order valence-corrected chi connectivity index (χ2v) is 5.72. The molecule has 0 bridgehead atoms. The van der Waals surface area contributed by atoms with Crippen molar-refractivity contribution in [1.29, 1.82) is 0 Å². The zero-order valence-corrected chi connectivity index (χ0v) is 13.3. The van der Waals surface area contributed by atoms with Crippen LogP contribution in [-0.2, 0) is 16.0 Å². The van der Waals surface area contributed by atoms with E-state index in [-0.39, 0.29) is 11.8 Å². The number of hydrogen-bond acceptors (Lipinski definition) is 2. The zero-order valence-electron chi connectivity index (χ0n) is 12.5. The maximum absolute atomic E-state index is 12.0. The third-order valence-electron chi connectivity index (χ3n) is 3.74. The molecule has 0 spiro atoms. The van der Waals surface area contributed by atoms with Gasteiger partial charge >= 0.3 is 0 Å². The number of carbonyl (C=O) groups excluding carboxylic acids is 2. The first-order valence-electron chi connectivity index (χ1n) is 7.17. The van der Waals surface area contributed by atoms with E-state index in [1.54, 1.807) is 30.2 Å². The Labute approximate surface area is 139 Å². The zero-order chi connectivity index (χ0) is 16.4. The highest BCUT2D eigenvalue weighted by Crippen LogP contribution is 2.29. The lowest BCUT2D eigenvalue weighted by Gasteiger charge is -2.10. The van der Waals surface area contributed by atoms with Crippen molar-refractivity contribution in [3.63, 3.8) is 0 Å². The first-order chi connectivity index (χ1) is 11.0. The van der Waals surface area contributed by atoms with Gasteiger partial charge in [-0.1, -0.05) is 29.8 Å². The topological polar surface area (TPSA) is 49.4 Å². The van der Waals surface area contributed by atoms with E-state index in [9.17, 15) is 9.59 Å². The van der Waals surface area contributed by atoms with Crippen molar-refractivity contribution < 1.29 is 9.59 Å². The second kappa shape index (κ2) is 6.26. The molecule has 0 atom stereocenters. The van der Waals surface area contributed by atoms with Crippen LogP contribution in [0.2, 0.25) is 5.02 Å². The van der Waals surface area contributed by atoms with Crippen LogP contribution in [0.25, 0.3) is 6.08 Å². The fourth-order valence-corrected chi connectivity index (χ4v) is 2.71. The highest BCUT2D eigenvalue weighted by Gasteiger charge is 2.23. The lowest BCUT2D eigenvalue weighted by atomic mass is 10.1. The molecule has 1 aliphatic rings. The Morgan fingerprint density at radius 2 is 2.04 bits per heavy atom. The van der Waals surface area contributed by atoms with Gasteiger partial charge in [-0.3, -0.25) is 9.59 Å². The van der Waals surface area contributed by atoms with Crippen LogP contribution in [0.15, 0.2) is 48.5 Å². The molecule has 0 fully saturated rings. The van der Waals surface area contributed by atoms with Crippen molar-refractivity contribution >= 4 is 40.9 Å². The number of nitrogens with zero attached hydrogens (tertiary/aromatic N) is 1. The molecule has 2 aromatic carbocycles. The van der Waals surface area contributed by atoms with Crippen LogP contribution in [0, 0.1) is 0 Å². The molecule has 0 saturated heterocycles. The monoisotopic (exact) mass is 326 g/mol. The highest BCUT2D eigenvalue weighted by atomic mass is 35.5. The van der Waals surface area contributed by atoms with Crippen molar-refractivity contribution in [2.24, 2.45) is 0 Å². The number of nitrogens with one attached hydrogen (secondary N) is 1. The Balaban J connectivity index is 1.71. The van der Waals surface area contributed by atoms with Crippen LogP contribution >= 0.6 is 11.6 Å². The molecule has 0 aliphatic carbocycles. The minimum Gasteiger partial charge on any atom is -0.323 e. The lowest BCUT2D eigenvalue weighted by molar-refractivity contribution is -0.117. The fraction of sp³-hybridized carbons (Fsp3) is 0.111. The summed E-state index contributed by atoms with van der Waals surface area (Å²) in [4.78, 5) is 25.3. The van der Waals surface area contributed by atoms with Crippen molar-refractivity contribution in [2.75, 3.05) is 17.3 Å². The van der Waals surface area contributed by atoms with Crippen molar-refractivity contribution in [3.05, 3.63) is 64.7 Å². The molecular weight excluding hydrogens is 312 g/mol. The number of anilines is 2. The standard InChI is InChI=1S/C18H15ClN2O2/c1-21-16-8-7-14(10-13(16)11-18(21)23)20-17(22)9-6-12-4-2-3-5-15(12)19/h2-10H,11H2,1H3,(H,20,22)/b9-6+. The molecule has 1 aliphatic heterocycles. The number of carbonyl (C=O) groups is 2. The van der Waals surface area contributed by atoms with Gasteiger partial charge < -0.3 is 10.2 Å². The Morgan fingerprint density at radius 1 is 1.26 bits per heavy atom. The maximum Gasteiger partial charge on any atom is 0.248 e. The van der Waals surface area contributed by atoms with Gasteiger partial charge in [-0.15, -0.1) is 0 Å². The molecule has 1 heterocycles. The molecule has 4 nitrogen and oxygen atoms in total. The van der Waals surface area contributed by atoms with Gasteiger partial charge in [0.25, 0.3) is 0 Å². The average molecular weight is 327 g/mol. The molecule has 0 radical (unpaired) electrons. The molecule has 23 heavy (non-hydrogen) atoms. The summed E-state index contributed by atoms with van der Waals surface area (Å²) in [6, 6.07) is 12.8. The summed E-state index contributed by atoms with van der Waals surface area (Å²) in [6.45, 7) is 0. The molecular formula is C18H15ClN2O2. The van der Waals surface area contributed by atoms with Gasteiger partial charge in [0.2, 0.25) is 11.8 Å². The predicted octanol–water partition coefficient (Wildman–Crippen LogP) is 3.51. The smallest absolute Gasteiger partial charge is 0.248 e. The molecule has 2 amide bonds. The molecule has 0 unspecified atom stereocenters. The summed E-state index contributed by atoms with van der Waals surface area (Å²) in [6.07, 6.45) is 3.47. The summed E-state index contributed by atoms with van der Waals surface area (Å²) in [7, 11) is 1.75. The van der Waals surface area contributed by atoms with Crippen LogP contribution in [0.1, 0.15) is 11.1 Å². The van der Waals surface area contributed by atoms with E-state index in [1.807, 2.05) is 30.3 Å². The number of benzene rings is 2. The van der Waals surface area contributed by atoms with Crippen LogP contribution in [0.5, 0.6) is 0 Å². The van der Waals surface area contributed by atoms with Crippen molar-refractivity contribution in [3.8, 4) is 0 Å². The van der Waals surface area contributed by atoms with Gasteiger partial charge in [0.15, 0.2) is 0 Å². The Morgan fingerprint density at radius 3 is 2.83 bits per heavy atom. The van der Waals surface area contributed by atoms with Gasteiger partial charge in [-0.25, -0.2) is 0 Å². The minimum absolute atomic E-state index is 0.0575. The third-order valence-corrected chi connectivity index (χ3v) is 4.09. The summed E-state index contributed by atoms with van der Waals surface area (Å²) in [5.74, 6) is -0.190. The summed E-state index contributed by atoms with van der Waals surface area (Å²) in [5.41, 5.74) is 3.26. The summed E-state index contributed by atoms with van der Waals surface area (Å²) in [5, 5.41) is 3.39. The molecule has 116 valence electrons. The quantitative estimate of drug-likeness (QED) is 0.877. The van der Waals surface area contributed by atoms with Crippen LogP contribution in [0.3, 0.4) is 0 Å². The van der Waals surface area contributed by atoms with Crippen LogP contribution in [0.4, 0.5) is 11.4 Å². The van der Waals surface area contributed by atoms with E-state index >= 15 is 0 Å². The normalized spacial score (nSPS) is 13.5. The number of halogens is 1. The predicted molar refractivity (Wildman–Crippen MR) is 92.7 cm³/mol.